The summed E-state index contributed by atoms with van der Waals surface area (Å²) < 4.78 is 1.12. The molecule has 0 N–H and O–H groups in total. The first kappa shape index (κ1) is 12.5. The number of hydrogen-bond acceptors (Lipinski definition) is 0. The molecule has 1 rings (SSSR count). The highest BCUT2D eigenvalue weighted by Crippen LogP contribution is 2.11. The molecule has 1 aromatic carbocycles. The lowest BCUT2D eigenvalue weighted by Crippen LogP contribution is -2.14. The molecule has 0 heterocycles. The molecule has 0 bridgehead atoms. The summed E-state index contributed by atoms with van der Waals surface area (Å²) >= 11 is 3.42. The number of benzene rings is 1. The van der Waals surface area contributed by atoms with Gasteiger partial charge in [-0.15, -0.1) is 0 Å². The van der Waals surface area contributed by atoms with Crippen molar-refractivity contribution in [3.8, 4) is 0 Å². The molecule has 0 aliphatic heterocycles. The van der Waals surface area contributed by atoms with Crippen molar-refractivity contribution in [3.05, 3.63) is 52.2 Å². The summed E-state index contributed by atoms with van der Waals surface area (Å²) in [6.07, 6.45) is 6.40. The molecule has 2 heteroatoms. The summed E-state index contributed by atoms with van der Waals surface area (Å²) in [6, 6.07) is 8.32. The van der Waals surface area contributed by atoms with E-state index in [0.717, 1.165) is 4.47 Å². The van der Waals surface area contributed by atoms with E-state index in [1.54, 1.807) is 0 Å². The molecule has 0 saturated carbocycles. The van der Waals surface area contributed by atoms with E-state index in [1.165, 1.54) is 5.56 Å². The molecular weight excluding hydrogens is 264 g/mol. The predicted octanol–water partition coefficient (Wildman–Crippen LogP) is 4.90. The maximum atomic E-state index is 3.42. The summed E-state index contributed by atoms with van der Waals surface area (Å²) in [5, 5.41) is 0. The van der Waals surface area contributed by atoms with Crippen LogP contribution < -0.4 is 0 Å². The summed E-state index contributed by atoms with van der Waals surface area (Å²) in [7, 11) is -1.04. The third kappa shape index (κ3) is 5.75. The third-order valence-corrected chi connectivity index (χ3v) is 3.59. The maximum absolute atomic E-state index is 3.42. The Morgan fingerprint density at radius 3 is 2.13 bits per heavy atom. The third-order valence-electron chi connectivity index (χ3n) is 1.87. The topological polar surface area (TPSA) is 0 Å². The lowest BCUT2D eigenvalue weighted by Gasteiger charge is -2.06. The van der Waals surface area contributed by atoms with E-state index in [0.29, 0.717) is 0 Å². The summed E-state index contributed by atoms with van der Waals surface area (Å²) in [4.78, 5) is 0. The highest BCUT2D eigenvalue weighted by Gasteiger charge is 2.05. The Bertz CT molecular complexity index is 355. The van der Waals surface area contributed by atoms with Gasteiger partial charge in [-0.25, -0.2) is 0 Å². The fourth-order valence-electron chi connectivity index (χ4n) is 1.08. The summed E-state index contributed by atoms with van der Waals surface area (Å²) in [6.45, 7) is 6.99. The van der Waals surface area contributed by atoms with E-state index in [4.69, 9.17) is 0 Å². The van der Waals surface area contributed by atoms with Gasteiger partial charge in [-0.05, 0) is 17.7 Å². The summed E-state index contributed by atoms with van der Waals surface area (Å²) in [5.41, 5.74) is 3.57. The minimum atomic E-state index is -1.04. The van der Waals surface area contributed by atoms with Gasteiger partial charge in [0.2, 0.25) is 0 Å². The first-order chi connectivity index (χ1) is 6.97. The molecule has 0 spiro atoms. The number of hydrogen-bond donors (Lipinski definition) is 0. The first-order valence-corrected chi connectivity index (χ1v) is 9.46. The van der Waals surface area contributed by atoms with E-state index >= 15 is 0 Å². The van der Waals surface area contributed by atoms with E-state index in [9.17, 15) is 0 Å². The molecule has 80 valence electrons. The fraction of sp³-hybridized carbons (Fsp3) is 0.231. The molecule has 0 saturated heterocycles. The van der Waals surface area contributed by atoms with E-state index in [1.807, 2.05) is 0 Å². The van der Waals surface area contributed by atoms with Crippen molar-refractivity contribution in [3.63, 3.8) is 0 Å². The predicted molar refractivity (Wildman–Crippen MR) is 75.7 cm³/mol. The highest BCUT2D eigenvalue weighted by molar-refractivity contribution is 9.10. The lowest BCUT2D eigenvalue weighted by atomic mass is 10.2. The molecule has 0 aromatic heterocycles. The van der Waals surface area contributed by atoms with Gasteiger partial charge < -0.3 is 0 Å². The zero-order valence-corrected chi connectivity index (χ0v) is 12.1. The molecule has 0 fully saturated rings. The van der Waals surface area contributed by atoms with Gasteiger partial charge in [-0.3, -0.25) is 0 Å². The van der Waals surface area contributed by atoms with Crippen LogP contribution in [0.25, 0.3) is 6.08 Å². The van der Waals surface area contributed by atoms with Crippen molar-refractivity contribution >= 4 is 30.1 Å². The van der Waals surface area contributed by atoms with Crippen LogP contribution in [-0.4, -0.2) is 8.07 Å². The molecule has 0 radical (unpaired) electrons. The van der Waals surface area contributed by atoms with Gasteiger partial charge in [-0.2, -0.15) is 0 Å². The Morgan fingerprint density at radius 1 is 1.00 bits per heavy atom. The first-order valence-electron chi connectivity index (χ1n) is 5.09. The quantitative estimate of drug-likeness (QED) is 0.546. The monoisotopic (exact) mass is 280 g/mol. The standard InChI is InChI=1S/C13H17BrSi/c1-15(2,3)11-5-4-6-12-7-9-13(14)10-8-12/h4-11H,1-3H3/b6-4+,11-5+. The van der Waals surface area contributed by atoms with Gasteiger partial charge in [0.15, 0.2) is 0 Å². The zero-order valence-electron chi connectivity index (χ0n) is 9.50. The van der Waals surface area contributed by atoms with Gasteiger partial charge in [0.05, 0.1) is 8.07 Å². The van der Waals surface area contributed by atoms with Crippen LogP contribution in [0, 0.1) is 0 Å². The average molecular weight is 281 g/mol. The molecule has 0 unspecified atom stereocenters. The molecule has 15 heavy (non-hydrogen) atoms. The minimum absolute atomic E-state index is 1.04. The van der Waals surface area contributed by atoms with Crippen molar-refractivity contribution in [2.24, 2.45) is 0 Å². The van der Waals surface area contributed by atoms with Crippen LogP contribution in [0.15, 0.2) is 46.6 Å². The van der Waals surface area contributed by atoms with Crippen LogP contribution in [0.1, 0.15) is 5.56 Å². The molecular formula is C13H17BrSi. The van der Waals surface area contributed by atoms with Crippen LogP contribution in [0.5, 0.6) is 0 Å². The van der Waals surface area contributed by atoms with Gasteiger partial charge in [0, 0.05) is 4.47 Å². The average Bonchev–Trinajstić information content (AvgIpc) is 2.14. The largest absolute Gasteiger partial charge is 0.0950 e. The Hall–Kier alpha value is -0.603. The van der Waals surface area contributed by atoms with Crippen molar-refractivity contribution < 1.29 is 0 Å². The van der Waals surface area contributed by atoms with Crippen LogP contribution in [0.2, 0.25) is 19.6 Å². The minimum Gasteiger partial charge on any atom is -0.0950 e. The molecule has 0 nitrogen and oxygen atoms in total. The Balaban J connectivity index is 2.59. The Kier molecular flexibility index (Phi) is 4.55. The maximum Gasteiger partial charge on any atom is 0.0687 e. The van der Waals surface area contributed by atoms with Crippen LogP contribution in [0.4, 0.5) is 0 Å². The summed E-state index contributed by atoms with van der Waals surface area (Å²) in [5.74, 6) is 0. The van der Waals surface area contributed by atoms with Gasteiger partial charge in [0.25, 0.3) is 0 Å². The normalized spacial score (nSPS) is 12.8. The SMILES string of the molecule is C[Si](C)(C)/C=C/C=C/c1ccc(Br)cc1. The molecule has 0 aliphatic carbocycles. The Morgan fingerprint density at radius 2 is 1.60 bits per heavy atom. The second-order valence-electron chi connectivity index (χ2n) is 4.64. The smallest absolute Gasteiger partial charge is 0.0687 e. The number of rotatable bonds is 3. The molecule has 0 aliphatic rings. The van der Waals surface area contributed by atoms with Crippen molar-refractivity contribution in [1.82, 2.24) is 0 Å². The number of allylic oxidation sites excluding steroid dienone is 2. The van der Waals surface area contributed by atoms with E-state index < -0.39 is 8.07 Å². The van der Waals surface area contributed by atoms with E-state index in [-0.39, 0.29) is 0 Å². The molecule has 0 atom stereocenters. The zero-order chi connectivity index (χ0) is 11.3. The van der Waals surface area contributed by atoms with Gasteiger partial charge >= 0.3 is 0 Å². The Labute approximate surface area is 102 Å². The van der Waals surface area contributed by atoms with Crippen LogP contribution in [-0.2, 0) is 0 Å². The second-order valence-corrected chi connectivity index (χ2v) is 10.6. The molecule has 1 aromatic rings. The van der Waals surface area contributed by atoms with Gasteiger partial charge in [-0.1, -0.05) is 71.6 Å². The lowest BCUT2D eigenvalue weighted by molar-refractivity contribution is 1.61. The van der Waals surface area contributed by atoms with Crippen LogP contribution in [0.3, 0.4) is 0 Å². The van der Waals surface area contributed by atoms with Gasteiger partial charge in [0.1, 0.15) is 0 Å². The van der Waals surface area contributed by atoms with Crippen molar-refractivity contribution in [1.29, 1.82) is 0 Å². The van der Waals surface area contributed by atoms with Crippen LogP contribution >= 0.6 is 15.9 Å². The highest BCUT2D eigenvalue weighted by atomic mass is 79.9. The second kappa shape index (κ2) is 5.47. The van der Waals surface area contributed by atoms with Crippen molar-refractivity contribution in [2.45, 2.75) is 19.6 Å². The van der Waals surface area contributed by atoms with E-state index in [2.05, 4.69) is 83.8 Å². The molecule has 0 amide bonds. The fourth-order valence-corrected chi connectivity index (χ4v) is 2.04. The number of halogens is 1. The van der Waals surface area contributed by atoms with Crippen molar-refractivity contribution in [2.75, 3.05) is 0 Å².